The minimum Gasteiger partial charge on any atom is -0.495 e. The molecule has 0 saturated carbocycles. The van der Waals surface area contributed by atoms with Gasteiger partial charge in [0.1, 0.15) is 11.3 Å². The average molecular weight is 473 g/mol. The highest BCUT2D eigenvalue weighted by Gasteiger charge is 2.32. The predicted molar refractivity (Wildman–Crippen MR) is 120 cm³/mol. The van der Waals surface area contributed by atoms with Gasteiger partial charge in [0, 0.05) is 37.7 Å². The van der Waals surface area contributed by atoms with E-state index in [0.29, 0.717) is 43.3 Å². The van der Waals surface area contributed by atoms with Crippen LogP contribution < -0.4 is 4.74 Å². The number of nitrogens with one attached hydrogen (secondary N) is 1. The van der Waals surface area contributed by atoms with Crippen LogP contribution in [0.1, 0.15) is 18.9 Å². The molecule has 166 valence electrons. The summed E-state index contributed by atoms with van der Waals surface area (Å²) in [7, 11) is -2.17. The first kappa shape index (κ1) is 20.9. The first-order valence-electron chi connectivity index (χ1n) is 10.2. The van der Waals surface area contributed by atoms with E-state index in [-0.39, 0.29) is 16.0 Å². The van der Waals surface area contributed by atoms with Crippen LogP contribution in [-0.4, -0.2) is 57.4 Å². The third-order valence-electron chi connectivity index (χ3n) is 5.71. The van der Waals surface area contributed by atoms with Gasteiger partial charge in [0.25, 0.3) is 0 Å². The van der Waals surface area contributed by atoms with Crippen molar-refractivity contribution in [3.63, 3.8) is 0 Å². The smallest absolute Gasteiger partial charge is 0.243 e. The number of aromatic amines is 1. The van der Waals surface area contributed by atoms with E-state index >= 15 is 0 Å². The Balaban J connectivity index is 1.42. The van der Waals surface area contributed by atoms with Crippen molar-refractivity contribution in [3.05, 3.63) is 53.9 Å². The quantitative estimate of drug-likeness (QED) is 0.476. The summed E-state index contributed by atoms with van der Waals surface area (Å²) >= 11 is 6.15. The highest BCUT2D eigenvalue weighted by molar-refractivity contribution is 7.89. The van der Waals surface area contributed by atoms with Gasteiger partial charge in [-0.2, -0.15) is 4.31 Å². The molecule has 0 radical (unpaired) electrons. The van der Waals surface area contributed by atoms with Crippen molar-refractivity contribution >= 4 is 32.8 Å². The maximum atomic E-state index is 13.2. The number of aromatic nitrogens is 5. The molecule has 0 bridgehead atoms. The molecule has 1 N–H and O–H groups in total. The van der Waals surface area contributed by atoms with E-state index < -0.39 is 10.0 Å². The second-order valence-electron chi connectivity index (χ2n) is 7.52. The molecule has 4 heterocycles. The zero-order chi connectivity index (χ0) is 22.3. The van der Waals surface area contributed by atoms with Gasteiger partial charge >= 0.3 is 0 Å². The van der Waals surface area contributed by atoms with Gasteiger partial charge < -0.3 is 14.3 Å². The summed E-state index contributed by atoms with van der Waals surface area (Å²) in [5.41, 5.74) is 1.55. The first-order valence-corrected chi connectivity index (χ1v) is 12.0. The van der Waals surface area contributed by atoms with Gasteiger partial charge in [-0.05, 0) is 43.2 Å². The summed E-state index contributed by atoms with van der Waals surface area (Å²) in [6.45, 7) is 0.751. The lowest BCUT2D eigenvalue weighted by molar-refractivity contribution is 0.278. The van der Waals surface area contributed by atoms with E-state index in [4.69, 9.17) is 21.3 Å². The highest BCUT2D eigenvalue weighted by atomic mass is 35.5. The van der Waals surface area contributed by atoms with Crippen LogP contribution >= 0.6 is 11.6 Å². The molecule has 11 heteroatoms. The van der Waals surface area contributed by atoms with Gasteiger partial charge in [-0.15, -0.1) is 0 Å². The fraction of sp³-hybridized carbons (Fsp3) is 0.286. The van der Waals surface area contributed by atoms with Gasteiger partial charge in [-0.25, -0.2) is 23.4 Å². The number of rotatable bonds is 5. The van der Waals surface area contributed by atoms with Gasteiger partial charge in [-0.3, -0.25) is 0 Å². The van der Waals surface area contributed by atoms with Crippen molar-refractivity contribution in [2.24, 2.45) is 0 Å². The topological polar surface area (TPSA) is 106 Å². The molecule has 1 aliphatic heterocycles. The molecule has 1 fully saturated rings. The Morgan fingerprint density at radius 3 is 2.66 bits per heavy atom. The number of ether oxygens (including phenoxy) is 1. The van der Waals surface area contributed by atoms with Crippen LogP contribution in [0.4, 0.5) is 0 Å². The number of imidazole rings is 2. The van der Waals surface area contributed by atoms with Crippen molar-refractivity contribution in [2.75, 3.05) is 20.2 Å². The van der Waals surface area contributed by atoms with Crippen molar-refractivity contribution < 1.29 is 13.2 Å². The van der Waals surface area contributed by atoms with Crippen molar-refractivity contribution in [3.8, 4) is 17.4 Å². The molecular formula is C21H21ClN6O3S. The van der Waals surface area contributed by atoms with E-state index in [9.17, 15) is 8.42 Å². The van der Waals surface area contributed by atoms with Crippen molar-refractivity contribution in [2.45, 2.75) is 23.8 Å². The molecule has 0 unspecified atom stereocenters. The van der Waals surface area contributed by atoms with Crippen LogP contribution in [0, 0.1) is 0 Å². The minimum atomic E-state index is -3.66. The zero-order valence-electron chi connectivity index (χ0n) is 17.3. The lowest BCUT2D eigenvalue weighted by Crippen LogP contribution is -2.39. The van der Waals surface area contributed by atoms with Gasteiger partial charge in [0.2, 0.25) is 10.0 Å². The van der Waals surface area contributed by atoms with Crippen molar-refractivity contribution in [1.82, 2.24) is 28.8 Å². The molecular weight excluding hydrogens is 452 g/mol. The Morgan fingerprint density at radius 1 is 1.16 bits per heavy atom. The van der Waals surface area contributed by atoms with Gasteiger partial charge in [-0.1, -0.05) is 11.6 Å². The van der Waals surface area contributed by atoms with Crippen LogP contribution in [0.5, 0.6) is 5.75 Å². The lowest BCUT2D eigenvalue weighted by atomic mass is 10.1. The van der Waals surface area contributed by atoms with Crippen LogP contribution in [0.15, 0.2) is 53.8 Å². The van der Waals surface area contributed by atoms with Gasteiger partial charge in [0.05, 0.1) is 17.0 Å². The number of pyridine rings is 1. The van der Waals surface area contributed by atoms with Crippen molar-refractivity contribution in [1.29, 1.82) is 0 Å². The third kappa shape index (κ3) is 3.54. The number of sulfonamides is 1. The van der Waals surface area contributed by atoms with Crippen LogP contribution in [0.25, 0.3) is 22.8 Å². The number of hydrogen-bond donors (Lipinski definition) is 1. The zero-order valence-corrected chi connectivity index (χ0v) is 18.8. The fourth-order valence-corrected chi connectivity index (χ4v) is 5.95. The number of halogens is 1. The molecule has 0 amide bonds. The number of piperidine rings is 1. The van der Waals surface area contributed by atoms with E-state index in [0.717, 1.165) is 11.2 Å². The molecule has 1 aromatic carbocycles. The lowest BCUT2D eigenvalue weighted by Gasteiger charge is -2.32. The SMILES string of the molecule is COc1ccc(S(=O)(=O)N2CCC(n3c(-c4ncc[nH]4)nc4cccnc43)CC2)cc1Cl. The number of nitrogens with zero attached hydrogens (tertiary/aromatic N) is 5. The molecule has 5 rings (SSSR count). The Kier molecular flexibility index (Phi) is 5.36. The Hall–Kier alpha value is -2.95. The largest absolute Gasteiger partial charge is 0.495 e. The number of benzene rings is 1. The molecule has 32 heavy (non-hydrogen) atoms. The average Bonchev–Trinajstić information content (AvgIpc) is 3.47. The standard InChI is InChI=1S/C21H21ClN6O3S/c1-31-18-5-4-15(13-16(18)22)32(29,30)27-11-6-14(7-12-27)28-20-17(3-2-8-25-20)26-21(28)19-23-9-10-24-19/h2-5,8-10,13-14H,6-7,11-12H2,1H3,(H,23,24). The summed E-state index contributed by atoms with van der Waals surface area (Å²) in [4.78, 5) is 16.9. The Morgan fingerprint density at radius 2 is 1.97 bits per heavy atom. The second kappa shape index (κ2) is 8.19. The summed E-state index contributed by atoms with van der Waals surface area (Å²) in [6, 6.07) is 8.33. The van der Waals surface area contributed by atoms with Crippen LogP contribution in [0.2, 0.25) is 5.02 Å². The monoisotopic (exact) mass is 472 g/mol. The Bertz CT molecular complexity index is 1360. The maximum Gasteiger partial charge on any atom is 0.243 e. The predicted octanol–water partition coefficient (Wildman–Crippen LogP) is 3.51. The fourth-order valence-electron chi connectivity index (χ4n) is 4.13. The normalized spacial score (nSPS) is 15.9. The van der Waals surface area contributed by atoms with Gasteiger partial charge in [0.15, 0.2) is 17.3 Å². The summed E-state index contributed by atoms with van der Waals surface area (Å²) < 4.78 is 35.1. The summed E-state index contributed by atoms with van der Waals surface area (Å²) in [5.74, 6) is 1.80. The van der Waals surface area contributed by atoms with E-state index in [1.54, 1.807) is 24.7 Å². The van der Waals surface area contributed by atoms with E-state index in [1.165, 1.54) is 23.5 Å². The number of methoxy groups -OCH3 is 1. The van der Waals surface area contributed by atoms with E-state index in [2.05, 4.69) is 19.5 Å². The molecule has 4 aromatic rings. The molecule has 1 aliphatic rings. The highest BCUT2D eigenvalue weighted by Crippen LogP contribution is 2.34. The van der Waals surface area contributed by atoms with E-state index in [1.807, 2.05) is 12.1 Å². The minimum absolute atomic E-state index is 0.0425. The molecule has 1 saturated heterocycles. The number of H-pyrrole nitrogens is 1. The maximum absolute atomic E-state index is 13.2. The summed E-state index contributed by atoms with van der Waals surface area (Å²) in [6.07, 6.45) is 6.42. The van der Waals surface area contributed by atoms with Crippen LogP contribution in [-0.2, 0) is 10.0 Å². The number of fused-ring (bicyclic) bond motifs is 1. The molecule has 9 nitrogen and oxygen atoms in total. The molecule has 0 spiro atoms. The number of hydrogen-bond acceptors (Lipinski definition) is 6. The van der Waals surface area contributed by atoms with Crippen LogP contribution in [0.3, 0.4) is 0 Å². The Labute approximate surface area is 190 Å². The summed E-state index contributed by atoms with van der Waals surface area (Å²) in [5, 5.41) is 0.266. The molecule has 0 aliphatic carbocycles. The molecule has 0 atom stereocenters. The first-order chi connectivity index (χ1) is 15.5. The molecule has 3 aromatic heterocycles. The third-order valence-corrected chi connectivity index (χ3v) is 7.90. The second-order valence-corrected chi connectivity index (χ2v) is 9.87.